The van der Waals surface area contributed by atoms with E-state index < -0.39 is 0 Å². The number of hydrogen-bond donors (Lipinski definition) is 1. The van der Waals surface area contributed by atoms with Crippen LogP contribution in [0.15, 0.2) is 152 Å². The molecule has 1 N–H and O–H groups in total. The topological polar surface area (TPSA) is 29.9 Å². The van der Waals surface area contributed by atoms with Crippen molar-refractivity contribution in [1.29, 1.82) is 0 Å². The average molecular weight is 642 g/mol. The van der Waals surface area contributed by atoms with E-state index in [0.29, 0.717) is 0 Å². The molecule has 3 heteroatoms. The van der Waals surface area contributed by atoms with E-state index >= 15 is 0 Å². The van der Waals surface area contributed by atoms with E-state index in [4.69, 9.17) is 4.98 Å². The summed E-state index contributed by atoms with van der Waals surface area (Å²) in [6.07, 6.45) is 6.27. The second kappa shape index (κ2) is 10.9. The fourth-order valence-corrected chi connectivity index (χ4v) is 8.54. The molecule has 0 atom stereocenters. The largest absolute Gasteiger partial charge is 0.381 e. The van der Waals surface area contributed by atoms with Crippen LogP contribution in [-0.2, 0) is 5.41 Å². The molecule has 3 heterocycles. The van der Waals surface area contributed by atoms with Gasteiger partial charge in [0.25, 0.3) is 0 Å². The van der Waals surface area contributed by atoms with E-state index in [9.17, 15) is 0 Å². The van der Waals surface area contributed by atoms with E-state index in [1.807, 2.05) is 12.3 Å². The van der Waals surface area contributed by atoms with Crippen LogP contribution in [0.1, 0.15) is 30.5 Å². The van der Waals surface area contributed by atoms with Gasteiger partial charge in [0, 0.05) is 51.4 Å². The van der Waals surface area contributed by atoms with Crippen LogP contribution in [0.25, 0.3) is 78.2 Å². The van der Waals surface area contributed by atoms with Crippen molar-refractivity contribution >= 4 is 33.6 Å². The predicted octanol–water partition coefficient (Wildman–Crippen LogP) is 11.9. The van der Waals surface area contributed by atoms with Gasteiger partial charge in [-0.25, -0.2) is 0 Å². The zero-order chi connectivity index (χ0) is 33.4. The zero-order valence-corrected chi connectivity index (χ0v) is 28.1. The summed E-state index contributed by atoms with van der Waals surface area (Å²) in [6, 6.07) is 51.1. The standard InChI is InChI=1S/C47H35N3/c1-47(2)40-18-7-6-16-37(40)38-21-23-43-44(45(38)47)39-29-31(20-22-42(39)50(43)35-14-4-3-5-15-35)32-26-33(28-34(27-32)41-19-8-9-24-48-41)36-17-10-12-30-13-11-25-49-46(30)36/h3-24,26-29,49H,25H2,1-2H3. The zero-order valence-electron chi connectivity index (χ0n) is 28.1. The highest BCUT2D eigenvalue weighted by Gasteiger charge is 2.38. The lowest BCUT2D eigenvalue weighted by Crippen LogP contribution is -2.15. The van der Waals surface area contributed by atoms with E-state index in [0.717, 1.165) is 17.8 Å². The molecule has 1 aliphatic heterocycles. The minimum Gasteiger partial charge on any atom is -0.381 e. The van der Waals surface area contributed by atoms with Crippen molar-refractivity contribution in [1.82, 2.24) is 9.55 Å². The molecule has 2 aromatic heterocycles. The molecule has 0 spiro atoms. The molecule has 10 rings (SSSR count). The summed E-state index contributed by atoms with van der Waals surface area (Å²) in [5.41, 5.74) is 18.1. The first-order valence-corrected chi connectivity index (χ1v) is 17.4. The van der Waals surface area contributed by atoms with Gasteiger partial charge in [-0.1, -0.05) is 105 Å². The molecule has 6 aromatic carbocycles. The fourth-order valence-electron chi connectivity index (χ4n) is 8.54. The van der Waals surface area contributed by atoms with Gasteiger partial charge in [0.1, 0.15) is 0 Å². The van der Waals surface area contributed by atoms with Crippen molar-refractivity contribution in [2.75, 3.05) is 11.9 Å². The molecule has 50 heavy (non-hydrogen) atoms. The van der Waals surface area contributed by atoms with Crippen LogP contribution in [0, 0.1) is 0 Å². The molecule has 0 saturated carbocycles. The molecule has 3 nitrogen and oxygen atoms in total. The summed E-state index contributed by atoms with van der Waals surface area (Å²) in [7, 11) is 0. The lowest BCUT2D eigenvalue weighted by atomic mass is 9.80. The predicted molar refractivity (Wildman–Crippen MR) is 210 cm³/mol. The van der Waals surface area contributed by atoms with Crippen LogP contribution in [-0.4, -0.2) is 16.1 Å². The first kappa shape index (κ1) is 28.8. The number of pyridine rings is 1. The number of aromatic nitrogens is 2. The maximum absolute atomic E-state index is 4.78. The number of fused-ring (bicyclic) bond motifs is 8. The summed E-state index contributed by atoms with van der Waals surface area (Å²) < 4.78 is 2.44. The summed E-state index contributed by atoms with van der Waals surface area (Å²) in [5.74, 6) is 0. The Hall–Kier alpha value is -6.19. The third-order valence-electron chi connectivity index (χ3n) is 10.8. The number of nitrogens with zero attached hydrogens (tertiary/aromatic N) is 2. The molecule has 0 unspecified atom stereocenters. The molecule has 2 aliphatic rings. The molecule has 0 bridgehead atoms. The van der Waals surface area contributed by atoms with Crippen LogP contribution in [0.5, 0.6) is 0 Å². The smallest absolute Gasteiger partial charge is 0.0702 e. The molecule has 0 radical (unpaired) electrons. The average Bonchev–Trinajstić information content (AvgIpc) is 3.63. The van der Waals surface area contributed by atoms with Crippen molar-refractivity contribution in [3.8, 4) is 50.3 Å². The fraction of sp³-hybridized carbons (Fsp3) is 0.0851. The third kappa shape index (κ3) is 4.26. The number of nitrogens with one attached hydrogen (secondary N) is 1. The second-order valence-electron chi connectivity index (χ2n) is 14.0. The van der Waals surface area contributed by atoms with Gasteiger partial charge in [-0.2, -0.15) is 0 Å². The van der Waals surface area contributed by atoms with Crippen LogP contribution in [0.2, 0.25) is 0 Å². The maximum atomic E-state index is 4.78. The molecule has 0 amide bonds. The van der Waals surface area contributed by atoms with E-state index in [2.05, 4.69) is 169 Å². The number of benzene rings is 6. The van der Waals surface area contributed by atoms with Crippen molar-refractivity contribution in [2.24, 2.45) is 0 Å². The van der Waals surface area contributed by atoms with Crippen LogP contribution in [0.3, 0.4) is 0 Å². The SMILES string of the molecule is CC1(C)c2ccccc2-c2ccc3c(c21)c1cc(-c2cc(-c4ccccn4)cc(-c4cccc5c4NCC=C5)c2)ccc1n3-c1ccccc1. The Morgan fingerprint density at radius 2 is 1.40 bits per heavy atom. The number of anilines is 1. The molecular weight excluding hydrogens is 607 g/mol. The van der Waals surface area contributed by atoms with Gasteiger partial charge in [-0.15, -0.1) is 0 Å². The Labute approximate surface area is 292 Å². The summed E-state index contributed by atoms with van der Waals surface area (Å²) in [5, 5.41) is 6.25. The van der Waals surface area contributed by atoms with Gasteiger partial charge in [0.15, 0.2) is 0 Å². The number of hydrogen-bond acceptors (Lipinski definition) is 2. The van der Waals surface area contributed by atoms with Gasteiger partial charge < -0.3 is 9.88 Å². The molecule has 1 aliphatic carbocycles. The van der Waals surface area contributed by atoms with Crippen LogP contribution < -0.4 is 5.32 Å². The molecule has 8 aromatic rings. The second-order valence-corrected chi connectivity index (χ2v) is 14.0. The van der Waals surface area contributed by atoms with Crippen LogP contribution >= 0.6 is 0 Å². The minimum absolute atomic E-state index is 0.142. The van der Waals surface area contributed by atoms with Gasteiger partial charge >= 0.3 is 0 Å². The lowest BCUT2D eigenvalue weighted by molar-refractivity contribution is 0.666. The van der Waals surface area contributed by atoms with Gasteiger partial charge in [0.05, 0.1) is 16.7 Å². The van der Waals surface area contributed by atoms with Gasteiger partial charge in [-0.3, -0.25) is 4.98 Å². The lowest BCUT2D eigenvalue weighted by Gasteiger charge is -2.22. The molecule has 0 saturated heterocycles. The quantitative estimate of drug-likeness (QED) is 0.207. The normalized spacial score (nSPS) is 14.0. The first-order valence-electron chi connectivity index (χ1n) is 17.4. The van der Waals surface area contributed by atoms with Crippen molar-refractivity contribution < 1.29 is 0 Å². The number of para-hydroxylation sites is 2. The Morgan fingerprint density at radius 3 is 2.28 bits per heavy atom. The highest BCUT2D eigenvalue weighted by Crippen LogP contribution is 2.53. The Bertz CT molecular complexity index is 2660. The van der Waals surface area contributed by atoms with Crippen LogP contribution in [0.4, 0.5) is 5.69 Å². The summed E-state index contributed by atoms with van der Waals surface area (Å²) in [6.45, 7) is 5.60. The van der Waals surface area contributed by atoms with E-state index in [-0.39, 0.29) is 5.41 Å². The monoisotopic (exact) mass is 641 g/mol. The summed E-state index contributed by atoms with van der Waals surface area (Å²) >= 11 is 0. The molecule has 0 fully saturated rings. The highest BCUT2D eigenvalue weighted by molar-refractivity contribution is 6.15. The first-order chi connectivity index (χ1) is 24.6. The highest BCUT2D eigenvalue weighted by atomic mass is 15.0. The van der Waals surface area contributed by atoms with Gasteiger partial charge in [0.2, 0.25) is 0 Å². The van der Waals surface area contributed by atoms with Gasteiger partial charge in [-0.05, 0) is 105 Å². The van der Waals surface area contributed by atoms with E-state index in [1.165, 1.54) is 83.3 Å². The Morgan fingerprint density at radius 1 is 0.620 bits per heavy atom. The Balaban J connectivity index is 1.26. The molecular formula is C47H35N3. The van der Waals surface area contributed by atoms with Crippen molar-refractivity contribution in [2.45, 2.75) is 19.3 Å². The van der Waals surface area contributed by atoms with Crippen molar-refractivity contribution in [3.63, 3.8) is 0 Å². The van der Waals surface area contributed by atoms with Crippen molar-refractivity contribution in [3.05, 3.63) is 168 Å². The number of rotatable bonds is 4. The minimum atomic E-state index is -0.142. The molecule has 238 valence electrons. The Kier molecular flexibility index (Phi) is 6.28. The summed E-state index contributed by atoms with van der Waals surface area (Å²) in [4.78, 5) is 4.78. The maximum Gasteiger partial charge on any atom is 0.0702 e. The third-order valence-corrected chi connectivity index (χ3v) is 10.8. The van der Waals surface area contributed by atoms with E-state index in [1.54, 1.807) is 0 Å².